The van der Waals surface area contributed by atoms with Crippen LogP contribution in [-0.4, -0.2) is 48.2 Å². The Morgan fingerprint density at radius 3 is 2.88 bits per heavy atom. The number of unbranched alkanes of at least 4 members (excludes halogenated alkanes) is 1. The van der Waals surface area contributed by atoms with E-state index < -0.39 is 5.97 Å². The normalized spacial score (nSPS) is 23.5. The zero-order valence-electron chi connectivity index (χ0n) is 11.1. The van der Waals surface area contributed by atoms with Crippen LogP contribution in [0, 0.1) is 0 Å². The highest BCUT2D eigenvalue weighted by atomic mass is 16.4. The van der Waals surface area contributed by atoms with E-state index >= 15 is 0 Å². The standard InChI is InChI=1S/C13H26N2O2/c1-3-4-8-12(13(16)17)14-10-11-7-5-6-9-15(11)2/h11-12,14H,3-10H2,1-2H3,(H,16,17). The Labute approximate surface area is 104 Å². The van der Waals surface area contributed by atoms with Gasteiger partial charge < -0.3 is 15.3 Å². The van der Waals surface area contributed by atoms with E-state index in [2.05, 4.69) is 24.2 Å². The Balaban J connectivity index is 2.31. The van der Waals surface area contributed by atoms with Gasteiger partial charge in [-0.1, -0.05) is 26.2 Å². The molecule has 1 rings (SSSR count). The summed E-state index contributed by atoms with van der Waals surface area (Å²) in [4.78, 5) is 13.4. The molecule has 4 nitrogen and oxygen atoms in total. The van der Waals surface area contributed by atoms with Crippen LogP contribution < -0.4 is 5.32 Å². The van der Waals surface area contributed by atoms with Crippen LogP contribution in [0.2, 0.25) is 0 Å². The number of rotatable bonds is 7. The lowest BCUT2D eigenvalue weighted by molar-refractivity contribution is -0.139. The van der Waals surface area contributed by atoms with Crippen LogP contribution in [0.5, 0.6) is 0 Å². The Bertz CT molecular complexity index is 233. The highest BCUT2D eigenvalue weighted by Gasteiger charge is 2.22. The van der Waals surface area contributed by atoms with Crippen LogP contribution >= 0.6 is 0 Å². The summed E-state index contributed by atoms with van der Waals surface area (Å²) in [5.41, 5.74) is 0. The van der Waals surface area contributed by atoms with Gasteiger partial charge in [-0.05, 0) is 32.9 Å². The number of aliphatic carboxylic acids is 1. The van der Waals surface area contributed by atoms with Crippen LogP contribution in [-0.2, 0) is 4.79 Å². The molecule has 0 aromatic carbocycles. The van der Waals surface area contributed by atoms with Gasteiger partial charge in [0.1, 0.15) is 6.04 Å². The van der Waals surface area contributed by atoms with Gasteiger partial charge in [-0.25, -0.2) is 0 Å². The summed E-state index contributed by atoms with van der Waals surface area (Å²) >= 11 is 0. The Hall–Kier alpha value is -0.610. The molecular formula is C13H26N2O2. The lowest BCUT2D eigenvalue weighted by atomic mass is 10.0. The summed E-state index contributed by atoms with van der Waals surface area (Å²) in [5, 5.41) is 12.3. The quantitative estimate of drug-likeness (QED) is 0.713. The van der Waals surface area contributed by atoms with Crippen molar-refractivity contribution < 1.29 is 9.90 Å². The van der Waals surface area contributed by atoms with Crippen molar-refractivity contribution in [1.82, 2.24) is 10.2 Å². The first-order chi connectivity index (χ1) is 8.15. The molecule has 17 heavy (non-hydrogen) atoms. The molecule has 2 unspecified atom stereocenters. The lowest BCUT2D eigenvalue weighted by Crippen LogP contribution is -2.47. The smallest absolute Gasteiger partial charge is 0.320 e. The summed E-state index contributed by atoms with van der Waals surface area (Å²) in [6.45, 7) is 4.03. The molecule has 0 spiro atoms. The predicted molar refractivity (Wildman–Crippen MR) is 69.2 cm³/mol. The highest BCUT2D eigenvalue weighted by Crippen LogP contribution is 2.14. The van der Waals surface area contributed by atoms with Gasteiger partial charge in [0.15, 0.2) is 0 Å². The number of likely N-dealkylation sites (tertiary alicyclic amines) is 1. The minimum absolute atomic E-state index is 0.370. The molecule has 1 saturated heterocycles. The van der Waals surface area contributed by atoms with Crippen LogP contribution in [0.25, 0.3) is 0 Å². The number of piperidine rings is 1. The minimum Gasteiger partial charge on any atom is -0.480 e. The Morgan fingerprint density at radius 2 is 2.29 bits per heavy atom. The molecule has 0 aromatic heterocycles. The SMILES string of the molecule is CCCCC(NCC1CCCCN1C)C(=O)O. The van der Waals surface area contributed by atoms with Gasteiger partial charge in [-0.15, -0.1) is 0 Å². The second-order valence-corrected chi connectivity index (χ2v) is 5.07. The zero-order valence-corrected chi connectivity index (χ0v) is 11.1. The molecule has 0 amide bonds. The average Bonchev–Trinajstić information content (AvgIpc) is 2.31. The number of nitrogens with zero attached hydrogens (tertiary/aromatic N) is 1. The first-order valence-electron chi connectivity index (χ1n) is 6.81. The van der Waals surface area contributed by atoms with E-state index in [0.29, 0.717) is 6.04 Å². The monoisotopic (exact) mass is 242 g/mol. The molecule has 100 valence electrons. The molecule has 1 aliphatic heterocycles. The third kappa shape index (κ3) is 5.04. The van der Waals surface area contributed by atoms with Crippen molar-refractivity contribution in [2.45, 2.75) is 57.5 Å². The molecule has 0 saturated carbocycles. The fourth-order valence-electron chi connectivity index (χ4n) is 2.40. The maximum Gasteiger partial charge on any atom is 0.320 e. The molecule has 2 N–H and O–H groups in total. The summed E-state index contributed by atoms with van der Waals surface area (Å²) in [6.07, 6.45) is 6.49. The van der Waals surface area contributed by atoms with Gasteiger partial charge in [0, 0.05) is 12.6 Å². The van der Waals surface area contributed by atoms with Crippen molar-refractivity contribution in [2.75, 3.05) is 20.1 Å². The van der Waals surface area contributed by atoms with Crippen LogP contribution in [0.3, 0.4) is 0 Å². The summed E-state index contributed by atoms with van der Waals surface area (Å²) in [6, 6.07) is 0.137. The summed E-state index contributed by atoms with van der Waals surface area (Å²) in [5.74, 6) is -0.711. The van der Waals surface area contributed by atoms with Gasteiger partial charge in [0.25, 0.3) is 0 Å². The summed E-state index contributed by atoms with van der Waals surface area (Å²) < 4.78 is 0. The van der Waals surface area contributed by atoms with E-state index in [1.54, 1.807) is 0 Å². The molecule has 0 radical (unpaired) electrons. The maximum absolute atomic E-state index is 11.1. The molecule has 0 aliphatic carbocycles. The second kappa shape index (κ2) is 7.67. The topological polar surface area (TPSA) is 52.6 Å². The van der Waals surface area contributed by atoms with Crippen LogP contribution in [0.4, 0.5) is 0 Å². The molecule has 1 aliphatic rings. The Kier molecular flexibility index (Phi) is 6.52. The zero-order chi connectivity index (χ0) is 12.7. The largest absolute Gasteiger partial charge is 0.480 e. The number of carbonyl (C=O) groups is 1. The third-order valence-electron chi connectivity index (χ3n) is 3.67. The van der Waals surface area contributed by atoms with E-state index in [4.69, 9.17) is 5.11 Å². The third-order valence-corrected chi connectivity index (χ3v) is 3.67. The Morgan fingerprint density at radius 1 is 1.53 bits per heavy atom. The van der Waals surface area contributed by atoms with Gasteiger partial charge in [0.05, 0.1) is 0 Å². The first-order valence-corrected chi connectivity index (χ1v) is 6.81. The first kappa shape index (κ1) is 14.5. The van der Waals surface area contributed by atoms with E-state index in [9.17, 15) is 4.79 Å². The number of carboxylic acids is 1. The highest BCUT2D eigenvalue weighted by molar-refractivity contribution is 5.73. The number of carboxylic acid groups (broad SMARTS) is 1. The van der Waals surface area contributed by atoms with Gasteiger partial charge in [-0.2, -0.15) is 0 Å². The van der Waals surface area contributed by atoms with E-state index in [1.807, 2.05) is 0 Å². The number of likely N-dealkylation sites (N-methyl/N-ethyl adjacent to an activating group) is 1. The van der Waals surface area contributed by atoms with Crippen molar-refractivity contribution in [3.8, 4) is 0 Å². The molecule has 2 atom stereocenters. The number of hydrogen-bond acceptors (Lipinski definition) is 3. The predicted octanol–water partition coefficient (Wildman–Crippen LogP) is 1.70. The van der Waals surface area contributed by atoms with E-state index in [1.165, 1.54) is 19.3 Å². The molecule has 4 heteroatoms. The molecule has 1 fully saturated rings. The molecule has 0 aromatic rings. The van der Waals surface area contributed by atoms with E-state index in [0.717, 1.165) is 32.4 Å². The van der Waals surface area contributed by atoms with Crippen LogP contribution in [0.15, 0.2) is 0 Å². The fraction of sp³-hybridized carbons (Fsp3) is 0.923. The minimum atomic E-state index is -0.711. The van der Waals surface area contributed by atoms with Crippen molar-refractivity contribution in [2.24, 2.45) is 0 Å². The van der Waals surface area contributed by atoms with E-state index in [-0.39, 0.29) is 6.04 Å². The van der Waals surface area contributed by atoms with Gasteiger partial charge in [-0.3, -0.25) is 4.79 Å². The fourth-order valence-corrected chi connectivity index (χ4v) is 2.40. The van der Waals surface area contributed by atoms with Crippen molar-refractivity contribution >= 4 is 5.97 Å². The van der Waals surface area contributed by atoms with Crippen molar-refractivity contribution in [3.63, 3.8) is 0 Å². The molecule has 0 bridgehead atoms. The summed E-state index contributed by atoms with van der Waals surface area (Å²) in [7, 11) is 2.13. The molecular weight excluding hydrogens is 216 g/mol. The molecule has 1 heterocycles. The number of hydrogen-bond donors (Lipinski definition) is 2. The second-order valence-electron chi connectivity index (χ2n) is 5.07. The maximum atomic E-state index is 11.1. The van der Waals surface area contributed by atoms with Crippen molar-refractivity contribution in [3.05, 3.63) is 0 Å². The van der Waals surface area contributed by atoms with Gasteiger partial charge in [0.2, 0.25) is 0 Å². The van der Waals surface area contributed by atoms with Crippen molar-refractivity contribution in [1.29, 1.82) is 0 Å². The van der Waals surface area contributed by atoms with Gasteiger partial charge >= 0.3 is 5.97 Å². The number of nitrogens with one attached hydrogen (secondary N) is 1. The van der Waals surface area contributed by atoms with Crippen LogP contribution in [0.1, 0.15) is 45.4 Å². The lowest BCUT2D eigenvalue weighted by Gasteiger charge is -2.33. The average molecular weight is 242 g/mol.